The minimum Gasteiger partial charge on any atom is -0.347 e. The molecule has 5 heteroatoms. The topological polar surface area (TPSA) is 24.3 Å². The second kappa shape index (κ2) is 15.8. The summed E-state index contributed by atoms with van der Waals surface area (Å²) >= 11 is 0. The molecule has 0 atom stereocenters. The smallest absolute Gasteiger partial charge is 0.181 e. The monoisotopic (exact) mass is 896 g/mol. The van der Waals surface area contributed by atoms with Crippen LogP contribution in [0, 0.1) is 0 Å². The molecule has 2 aliphatic heterocycles. The van der Waals surface area contributed by atoms with E-state index in [1.807, 2.05) is 6.20 Å². The highest BCUT2D eigenvalue weighted by Gasteiger charge is 2.49. The van der Waals surface area contributed by atoms with Crippen molar-refractivity contribution in [3.05, 3.63) is 223 Å². The van der Waals surface area contributed by atoms with Crippen molar-refractivity contribution < 1.29 is 0 Å². The maximum atomic E-state index is 5.16. The molecule has 0 spiro atoms. The van der Waals surface area contributed by atoms with Crippen molar-refractivity contribution in [1.29, 1.82) is 0 Å². The fourth-order valence-electron chi connectivity index (χ4n) is 11.2. The van der Waals surface area contributed by atoms with E-state index in [0.717, 1.165) is 19.0 Å². The van der Waals surface area contributed by atoms with Crippen molar-refractivity contribution in [3.63, 3.8) is 0 Å². The van der Waals surface area contributed by atoms with E-state index in [4.69, 9.17) is 4.98 Å². The fraction of sp³-hybridized carbons (Fsp3) is 0.159. The van der Waals surface area contributed by atoms with E-state index in [1.165, 1.54) is 98.6 Å². The van der Waals surface area contributed by atoms with Crippen molar-refractivity contribution in [3.8, 4) is 28.1 Å². The van der Waals surface area contributed by atoms with E-state index in [2.05, 4.69) is 256 Å². The molecule has 0 bridgehead atoms. The summed E-state index contributed by atoms with van der Waals surface area (Å²) < 4.78 is 2.44. The molecular weight excluding hydrogens is 841 g/mol. The predicted molar refractivity (Wildman–Crippen MR) is 290 cm³/mol. The molecule has 68 heavy (non-hydrogen) atoms. The fourth-order valence-corrected chi connectivity index (χ4v) is 16.4. The number of para-hydroxylation sites is 2. The largest absolute Gasteiger partial charge is 0.347 e. The Kier molecular flexibility index (Phi) is 9.75. The number of anilines is 3. The average molecular weight is 897 g/mol. The Morgan fingerprint density at radius 3 is 1.82 bits per heavy atom. The van der Waals surface area contributed by atoms with E-state index < -0.39 is 8.07 Å². The van der Waals surface area contributed by atoms with Gasteiger partial charge < -0.3 is 9.80 Å². The van der Waals surface area contributed by atoms with Gasteiger partial charge >= 0.3 is 0 Å². The average Bonchev–Trinajstić information content (AvgIpc) is 4.00. The first-order chi connectivity index (χ1) is 33.0. The summed E-state index contributed by atoms with van der Waals surface area (Å²) in [6.07, 6.45) is 1.99. The molecule has 0 aliphatic carbocycles. The predicted octanol–water partition coefficient (Wildman–Crippen LogP) is 12.9. The quantitative estimate of drug-likeness (QED) is 0.149. The number of fused-ring (bicyclic) bond motifs is 7. The zero-order valence-corrected chi connectivity index (χ0v) is 40.8. The molecule has 0 unspecified atom stereocenters. The van der Waals surface area contributed by atoms with Gasteiger partial charge in [-0.3, -0.25) is 4.57 Å². The van der Waals surface area contributed by atoms with Gasteiger partial charge in [-0.05, 0) is 125 Å². The van der Waals surface area contributed by atoms with Gasteiger partial charge in [-0.15, -0.1) is 0 Å². The van der Waals surface area contributed by atoms with Crippen LogP contribution in [-0.2, 0) is 17.4 Å². The molecular formula is C63H56N4Si. The van der Waals surface area contributed by atoms with Crippen LogP contribution in [0.2, 0.25) is 0 Å². The molecule has 2 aliphatic rings. The summed E-state index contributed by atoms with van der Waals surface area (Å²) in [5.74, 6) is 0.946. The van der Waals surface area contributed by atoms with Crippen LogP contribution in [0.3, 0.4) is 0 Å². The lowest BCUT2D eigenvalue weighted by molar-refractivity contribution is 0.588. The van der Waals surface area contributed by atoms with Gasteiger partial charge in [-0.1, -0.05) is 187 Å². The van der Waals surface area contributed by atoms with Gasteiger partial charge in [0.1, 0.15) is 5.82 Å². The highest BCUT2D eigenvalue weighted by Crippen LogP contribution is 2.43. The maximum Gasteiger partial charge on any atom is 0.181 e. The first-order valence-corrected chi connectivity index (χ1v) is 26.1. The SMILES string of the molecule is CC(C)(C)c1ccnc(-n2c3ccc(C(C)(C)C)cc3c3ccc([Si]4(c5cc(-c6ccccc6)cc(N6CN(Cc7ccccc7)c7ccccc76)c5)c5ccccc5-c5ccccc54)cc32)c1. The summed E-state index contributed by atoms with van der Waals surface area (Å²) in [7, 11) is -3.09. The molecule has 2 aromatic heterocycles. The third kappa shape index (κ3) is 6.74. The van der Waals surface area contributed by atoms with Crippen LogP contribution in [0.5, 0.6) is 0 Å². The van der Waals surface area contributed by atoms with Crippen molar-refractivity contribution in [2.75, 3.05) is 16.5 Å². The molecule has 12 rings (SSSR count). The standard InChI is InChI=1S/C63H56N4Si/c1-62(2,3)46-29-32-55-54(37-46)51-31-30-49(40-58(51)67(55)61-38-47(33-34-64-61)63(4,5)6)68(59-27-17-13-23-52(59)53-24-14-18-28-60(53)68)50-36-45(44-21-11-8-12-22-44)35-48(39-50)66-42-65(41-43-19-9-7-10-20-43)56-25-15-16-26-57(56)66/h7-40H,41-42H2,1-6H3. The lowest BCUT2D eigenvalue weighted by Crippen LogP contribution is -2.72. The van der Waals surface area contributed by atoms with Gasteiger partial charge in [-0.2, -0.15) is 0 Å². The van der Waals surface area contributed by atoms with Crippen molar-refractivity contribution in [2.45, 2.75) is 58.9 Å². The lowest BCUT2D eigenvalue weighted by atomic mass is 9.86. The Labute approximate surface area is 401 Å². The van der Waals surface area contributed by atoms with Gasteiger partial charge in [-0.25, -0.2) is 4.98 Å². The highest BCUT2D eigenvalue weighted by molar-refractivity contribution is 7.22. The van der Waals surface area contributed by atoms with Crippen LogP contribution in [0.4, 0.5) is 17.1 Å². The van der Waals surface area contributed by atoms with Crippen molar-refractivity contribution in [2.24, 2.45) is 0 Å². The summed E-state index contributed by atoms with van der Waals surface area (Å²) in [5.41, 5.74) is 15.0. The Morgan fingerprint density at radius 1 is 0.485 bits per heavy atom. The molecule has 332 valence electrons. The van der Waals surface area contributed by atoms with Gasteiger partial charge in [0.15, 0.2) is 8.07 Å². The lowest BCUT2D eigenvalue weighted by Gasteiger charge is -2.33. The van der Waals surface area contributed by atoms with Gasteiger partial charge in [0.05, 0.1) is 29.1 Å². The summed E-state index contributed by atoms with van der Waals surface area (Å²) in [6, 6.07) is 75.9. The number of hydrogen-bond acceptors (Lipinski definition) is 3. The molecule has 0 saturated heterocycles. The summed E-state index contributed by atoms with van der Waals surface area (Å²) in [5, 5.41) is 8.08. The molecule has 0 saturated carbocycles. The number of aromatic nitrogens is 2. The number of benzene rings is 8. The molecule has 0 N–H and O–H groups in total. The zero-order chi connectivity index (χ0) is 46.4. The van der Waals surface area contributed by atoms with Gasteiger partial charge in [0.2, 0.25) is 0 Å². The summed E-state index contributed by atoms with van der Waals surface area (Å²) in [4.78, 5) is 10.2. The van der Waals surface area contributed by atoms with Crippen molar-refractivity contribution in [1.82, 2.24) is 9.55 Å². The van der Waals surface area contributed by atoms with E-state index in [0.29, 0.717) is 0 Å². The van der Waals surface area contributed by atoms with E-state index in [-0.39, 0.29) is 10.8 Å². The minimum absolute atomic E-state index is 0.00287. The molecule has 4 heterocycles. The molecule has 8 aromatic carbocycles. The zero-order valence-electron chi connectivity index (χ0n) is 39.8. The van der Waals surface area contributed by atoms with Crippen LogP contribution in [-0.4, -0.2) is 24.3 Å². The molecule has 4 nitrogen and oxygen atoms in total. The van der Waals surface area contributed by atoms with Crippen molar-refractivity contribution >= 4 is 67.7 Å². The number of rotatable bonds is 7. The molecule has 10 aromatic rings. The number of nitrogens with zero attached hydrogens (tertiary/aromatic N) is 4. The van der Waals surface area contributed by atoms with E-state index >= 15 is 0 Å². The second-order valence-electron chi connectivity index (χ2n) is 20.9. The molecule has 0 fully saturated rings. The Bertz CT molecular complexity index is 3510. The van der Waals surface area contributed by atoms with Gasteiger partial charge in [0, 0.05) is 29.2 Å². The van der Waals surface area contributed by atoms with Crippen LogP contribution in [0.1, 0.15) is 58.2 Å². The van der Waals surface area contributed by atoms with E-state index in [1.54, 1.807) is 0 Å². The minimum atomic E-state index is -3.09. The van der Waals surface area contributed by atoms with Gasteiger partial charge in [0.25, 0.3) is 0 Å². The number of hydrogen-bond donors (Lipinski definition) is 0. The first-order valence-electron chi connectivity index (χ1n) is 24.1. The summed E-state index contributed by atoms with van der Waals surface area (Å²) in [6.45, 7) is 15.4. The van der Waals surface area contributed by atoms with Crippen LogP contribution < -0.4 is 30.5 Å². The third-order valence-corrected chi connectivity index (χ3v) is 19.5. The van der Waals surface area contributed by atoms with Crippen LogP contribution >= 0.6 is 0 Å². The van der Waals surface area contributed by atoms with Crippen LogP contribution in [0.15, 0.2) is 206 Å². The first kappa shape index (κ1) is 41.9. The second-order valence-corrected chi connectivity index (χ2v) is 24.7. The molecule has 0 radical (unpaired) electrons. The van der Waals surface area contributed by atoms with Crippen LogP contribution in [0.25, 0.3) is 49.9 Å². The Morgan fingerprint density at radius 2 is 1.12 bits per heavy atom. The number of pyridine rings is 1. The highest BCUT2D eigenvalue weighted by atomic mass is 28.3. The van der Waals surface area contributed by atoms with E-state index in [9.17, 15) is 0 Å². The Balaban J connectivity index is 1.15. The maximum absolute atomic E-state index is 5.16. The Hall–Kier alpha value is -7.47. The normalized spacial score (nSPS) is 14.1. The third-order valence-electron chi connectivity index (χ3n) is 14.7. The molecule has 0 amide bonds.